The third-order valence-electron chi connectivity index (χ3n) is 3.88. The molecule has 1 aromatic heterocycles. The Labute approximate surface area is 127 Å². The summed E-state index contributed by atoms with van der Waals surface area (Å²) in [6, 6.07) is 10.9. The zero-order valence-electron chi connectivity index (χ0n) is 11.3. The number of benzene rings is 1. The Bertz CT molecular complexity index is 586. The lowest BCUT2D eigenvalue weighted by Gasteiger charge is -2.24. The molecule has 0 saturated carbocycles. The fraction of sp³-hybridized carbons (Fsp3) is 0.312. The summed E-state index contributed by atoms with van der Waals surface area (Å²) >= 11 is 3.44. The van der Waals surface area contributed by atoms with E-state index in [9.17, 15) is 0 Å². The molecule has 1 saturated heterocycles. The lowest BCUT2D eigenvalue weighted by atomic mass is 10.1. The molecule has 1 aliphatic heterocycles. The van der Waals surface area contributed by atoms with Crippen LogP contribution >= 0.6 is 15.9 Å². The Morgan fingerprint density at radius 2 is 2.25 bits per heavy atom. The first-order valence-corrected chi connectivity index (χ1v) is 7.71. The highest BCUT2D eigenvalue weighted by Crippen LogP contribution is 2.33. The lowest BCUT2D eigenvalue weighted by molar-refractivity contribution is 0.248. The third-order valence-corrected chi connectivity index (χ3v) is 4.60. The van der Waals surface area contributed by atoms with Gasteiger partial charge < -0.3 is 5.73 Å². The summed E-state index contributed by atoms with van der Waals surface area (Å²) in [5.74, 6) is 0. The number of rotatable bonds is 3. The molecule has 0 aliphatic carbocycles. The number of halogens is 1. The summed E-state index contributed by atoms with van der Waals surface area (Å²) in [6.07, 6.45) is 6.26. The van der Waals surface area contributed by atoms with Crippen LogP contribution in [0, 0.1) is 0 Å². The highest BCUT2D eigenvalue weighted by Gasteiger charge is 2.25. The Balaban J connectivity index is 1.77. The molecule has 1 aromatic carbocycles. The van der Waals surface area contributed by atoms with Crippen molar-refractivity contribution in [1.29, 1.82) is 0 Å². The monoisotopic (exact) mass is 331 g/mol. The van der Waals surface area contributed by atoms with Crippen LogP contribution in [0.3, 0.4) is 0 Å². The SMILES string of the molecule is Nc1cc(CN2CCCC2c2cccnc2)ccc1Br. The molecule has 2 heterocycles. The van der Waals surface area contributed by atoms with Crippen LogP contribution < -0.4 is 5.73 Å². The number of nitrogens with zero attached hydrogens (tertiary/aromatic N) is 2. The Morgan fingerprint density at radius 3 is 3.00 bits per heavy atom. The van der Waals surface area contributed by atoms with Gasteiger partial charge in [0.25, 0.3) is 0 Å². The fourth-order valence-electron chi connectivity index (χ4n) is 2.89. The molecule has 1 aliphatic rings. The van der Waals surface area contributed by atoms with Crippen LogP contribution in [0.5, 0.6) is 0 Å². The largest absolute Gasteiger partial charge is 0.398 e. The predicted molar refractivity (Wildman–Crippen MR) is 85.2 cm³/mol. The van der Waals surface area contributed by atoms with Crippen molar-refractivity contribution in [2.45, 2.75) is 25.4 Å². The van der Waals surface area contributed by atoms with Crippen LogP contribution in [-0.2, 0) is 6.54 Å². The summed E-state index contributed by atoms with van der Waals surface area (Å²) in [7, 11) is 0. The Kier molecular flexibility index (Phi) is 4.03. The van der Waals surface area contributed by atoms with Crippen molar-refractivity contribution in [1.82, 2.24) is 9.88 Å². The van der Waals surface area contributed by atoms with E-state index >= 15 is 0 Å². The van der Waals surface area contributed by atoms with E-state index in [0.29, 0.717) is 6.04 Å². The topological polar surface area (TPSA) is 42.1 Å². The first kappa shape index (κ1) is 13.6. The smallest absolute Gasteiger partial charge is 0.0461 e. The van der Waals surface area contributed by atoms with Crippen LogP contribution in [0.25, 0.3) is 0 Å². The Morgan fingerprint density at radius 1 is 1.35 bits per heavy atom. The van der Waals surface area contributed by atoms with Crippen molar-refractivity contribution in [3.8, 4) is 0 Å². The van der Waals surface area contributed by atoms with E-state index in [-0.39, 0.29) is 0 Å². The predicted octanol–water partition coefficient (Wildman–Crippen LogP) is 3.76. The molecule has 20 heavy (non-hydrogen) atoms. The third kappa shape index (κ3) is 2.86. The summed E-state index contributed by atoms with van der Waals surface area (Å²) in [4.78, 5) is 6.76. The highest BCUT2D eigenvalue weighted by molar-refractivity contribution is 9.10. The quantitative estimate of drug-likeness (QED) is 0.870. The number of anilines is 1. The number of pyridine rings is 1. The second-order valence-electron chi connectivity index (χ2n) is 5.27. The molecule has 3 rings (SSSR count). The second-order valence-corrected chi connectivity index (χ2v) is 6.13. The number of nitrogen functional groups attached to an aromatic ring is 1. The standard InChI is InChI=1S/C16H18BrN3/c17-14-6-5-12(9-15(14)18)11-20-8-2-4-16(20)13-3-1-7-19-10-13/h1,3,5-7,9-10,16H,2,4,8,11,18H2. The zero-order chi connectivity index (χ0) is 13.9. The van der Waals surface area contributed by atoms with Gasteiger partial charge in [-0.15, -0.1) is 0 Å². The van der Waals surface area contributed by atoms with Gasteiger partial charge in [-0.05, 0) is 64.6 Å². The van der Waals surface area contributed by atoms with Crippen LogP contribution in [0.1, 0.15) is 30.0 Å². The van der Waals surface area contributed by atoms with Gasteiger partial charge in [-0.25, -0.2) is 0 Å². The minimum Gasteiger partial charge on any atom is -0.398 e. The van der Waals surface area contributed by atoms with Crippen LogP contribution in [-0.4, -0.2) is 16.4 Å². The van der Waals surface area contributed by atoms with Gasteiger partial charge in [0, 0.05) is 35.1 Å². The van der Waals surface area contributed by atoms with Crippen LogP contribution in [0.2, 0.25) is 0 Å². The maximum Gasteiger partial charge on any atom is 0.0461 e. The molecule has 104 valence electrons. The van der Waals surface area contributed by atoms with Gasteiger partial charge in [0.1, 0.15) is 0 Å². The van der Waals surface area contributed by atoms with E-state index in [2.05, 4.69) is 44.0 Å². The summed E-state index contributed by atoms with van der Waals surface area (Å²) in [6.45, 7) is 2.08. The van der Waals surface area contributed by atoms with E-state index in [4.69, 9.17) is 5.73 Å². The molecule has 3 nitrogen and oxygen atoms in total. The average molecular weight is 332 g/mol. The van der Waals surface area contributed by atoms with Crippen molar-refractivity contribution >= 4 is 21.6 Å². The molecule has 1 atom stereocenters. The zero-order valence-corrected chi connectivity index (χ0v) is 12.9. The number of hydrogen-bond acceptors (Lipinski definition) is 3. The summed E-state index contributed by atoms with van der Waals surface area (Å²) in [5, 5.41) is 0. The first-order valence-electron chi connectivity index (χ1n) is 6.92. The normalized spacial score (nSPS) is 19.4. The van der Waals surface area contributed by atoms with Gasteiger partial charge in [0.05, 0.1) is 0 Å². The van der Waals surface area contributed by atoms with E-state index in [1.807, 2.05) is 24.5 Å². The molecule has 2 N–H and O–H groups in total. The van der Waals surface area contributed by atoms with Gasteiger partial charge in [0.2, 0.25) is 0 Å². The molecule has 0 radical (unpaired) electrons. The van der Waals surface area contributed by atoms with E-state index in [0.717, 1.165) is 23.2 Å². The summed E-state index contributed by atoms with van der Waals surface area (Å²) < 4.78 is 0.964. The van der Waals surface area contributed by atoms with Crippen molar-refractivity contribution < 1.29 is 0 Å². The molecule has 0 bridgehead atoms. The average Bonchev–Trinajstić information content (AvgIpc) is 2.92. The maximum absolute atomic E-state index is 5.97. The van der Waals surface area contributed by atoms with Crippen LogP contribution in [0.15, 0.2) is 47.2 Å². The van der Waals surface area contributed by atoms with Crippen LogP contribution in [0.4, 0.5) is 5.69 Å². The van der Waals surface area contributed by atoms with Gasteiger partial charge in [0.15, 0.2) is 0 Å². The molecule has 0 amide bonds. The minimum atomic E-state index is 0.480. The molecule has 2 aromatic rings. The molecule has 1 unspecified atom stereocenters. The number of likely N-dealkylation sites (tertiary alicyclic amines) is 1. The van der Waals surface area contributed by atoms with Crippen molar-refractivity contribution in [2.75, 3.05) is 12.3 Å². The molecule has 4 heteroatoms. The number of hydrogen-bond donors (Lipinski definition) is 1. The number of nitrogens with two attached hydrogens (primary N) is 1. The van der Waals surface area contributed by atoms with E-state index < -0.39 is 0 Å². The Hall–Kier alpha value is -1.39. The maximum atomic E-state index is 5.97. The van der Waals surface area contributed by atoms with Gasteiger partial charge in [-0.3, -0.25) is 9.88 Å². The number of aromatic nitrogens is 1. The lowest BCUT2D eigenvalue weighted by Crippen LogP contribution is -2.22. The van der Waals surface area contributed by atoms with Gasteiger partial charge in [-0.1, -0.05) is 12.1 Å². The van der Waals surface area contributed by atoms with Crippen molar-refractivity contribution in [2.24, 2.45) is 0 Å². The second kappa shape index (κ2) is 5.94. The minimum absolute atomic E-state index is 0.480. The van der Waals surface area contributed by atoms with Gasteiger partial charge in [-0.2, -0.15) is 0 Å². The molecular weight excluding hydrogens is 314 g/mol. The molecule has 1 fully saturated rings. The highest BCUT2D eigenvalue weighted by atomic mass is 79.9. The van der Waals surface area contributed by atoms with Crippen molar-refractivity contribution in [3.05, 3.63) is 58.3 Å². The molecule has 0 spiro atoms. The first-order chi connectivity index (χ1) is 9.74. The van der Waals surface area contributed by atoms with Crippen molar-refractivity contribution in [3.63, 3.8) is 0 Å². The van der Waals surface area contributed by atoms with Gasteiger partial charge >= 0.3 is 0 Å². The molecular formula is C16H18BrN3. The summed E-state index contributed by atoms with van der Waals surface area (Å²) in [5.41, 5.74) is 9.35. The van der Waals surface area contributed by atoms with E-state index in [1.165, 1.54) is 24.0 Å². The fourth-order valence-corrected chi connectivity index (χ4v) is 3.14. The van der Waals surface area contributed by atoms with E-state index in [1.54, 1.807) is 0 Å².